The van der Waals surface area contributed by atoms with Crippen molar-refractivity contribution in [1.82, 2.24) is 9.88 Å². The first-order chi connectivity index (χ1) is 15.8. The number of carbonyl (C=O) groups excluding carboxylic acids is 2. The maximum Gasteiger partial charge on any atom is 0.268 e. The van der Waals surface area contributed by atoms with Gasteiger partial charge in [0.15, 0.2) is 5.78 Å². The second-order valence-corrected chi connectivity index (χ2v) is 9.34. The number of nitrogens with one attached hydrogen (secondary N) is 1. The van der Waals surface area contributed by atoms with Gasteiger partial charge in [0.1, 0.15) is 6.04 Å². The number of pyridine rings is 1. The molecule has 0 radical (unpaired) electrons. The van der Waals surface area contributed by atoms with Gasteiger partial charge in [0.2, 0.25) is 5.91 Å². The highest BCUT2D eigenvalue weighted by molar-refractivity contribution is 8.00. The zero-order valence-electron chi connectivity index (χ0n) is 17.9. The number of Topliss-reactive ketones (excluding diaryl/α,β-unsaturated/α-hetero) is 1. The average molecular weight is 469 g/mol. The first kappa shape index (κ1) is 22.9. The van der Waals surface area contributed by atoms with E-state index < -0.39 is 30.8 Å². The monoisotopic (exact) mass is 468 g/mol. The molecule has 9 heteroatoms. The zero-order chi connectivity index (χ0) is 23.6. The van der Waals surface area contributed by atoms with Crippen LogP contribution in [0.1, 0.15) is 40.7 Å². The van der Waals surface area contributed by atoms with Crippen LogP contribution in [0.25, 0.3) is 6.08 Å². The molecule has 33 heavy (non-hydrogen) atoms. The Morgan fingerprint density at radius 3 is 2.97 bits per heavy atom. The Labute approximate surface area is 194 Å². The van der Waals surface area contributed by atoms with Gasteiger partial charge in [-0.1, -0.05) is 30.0 Å². The maximum atomic E-state index is 13.6. The van der Waals surface area contributed by atoms with Crippen molar-refractivity contribution in [3.8, 4) is 6.07 Å². The summed E-state index contributed by atoms with van der Waals surface area (Å²) in [5.74, 6) is -3.97. The van der Waals surface area contributed by atoms with Crippen LogP contribution in [-0.4, -0.2) is 45.5 Å². The van der Waals surface area contributed by atoms with E-state index in [4.69, 9.17) is 5.26 Å². The number of ketones is 1. The Kier molecular flexibility index (Phi) is 6.47. The Balaban J connectivity index is 1.39. The van der Waals surface area contributed by atoms with Crippen LogP contribution in [0.4, 0.5) is 14.5 Å². The van der Waals surface area contributed by atoms with Gasteiger partial charge >= 0.3 is 0 Å². The van der Waals surface area contributed by atoms with E-state index in [1.807, 2.05) is 31.2 Å². The molecule has 3 heterocycles. The van der Waals surface area contributed by atoms with Crippen molar-refractivity contribution < 1.29 is 18.4 Å². The molecule has 0 bridgehead atoms. The lowest BCUT2D eigenvalue weighted by molar-refractivity contribution is -0.132. The van der Waals surface area contributed by atoms with Crippen LogP contribution in [-0.2, 0) is 4.79 Å². The standard InChI is InChI=1S/C24H22F2N4O2S/c1-15-2-4-19-21(10-15)33-22(29-19)6-3-16-13-28-9-8-18(16)20(31)5-7-23(32)30-14-24(25,26)11-17(30)12-27/h2-4,6,8-10,13,17,22,29H,5,7,11,14H2,1H3/b6-3+/t17-,22?/m0/s1. The zero-order valence-corrected chi connectivity index (χ0v) is 18.7. The van der Waals surface area contributed by atoms with Gasteiger partial charge in [0, 0.05) is 53.4 Å². The van der Waals surface area contributed by atoms with Crippen LogP contribution >= 0.6 is 11.8 Å². The van der Waals surface area contributed by atoms with Crippen molar-refractivity contribution in [2.75, 3.05) is 11.9 Å². The van der Waals surface area contributed by atoms with Crippen molar-refractivity contribution >= 4 is 35.2 Å². The molecule has 2 aliphatic heterocycles. The van der Waals surface area contributed by atoms with Crippen LogP contribution in [0.3, 0.4) is 0 Å². The summed E-state index contributed by atoms with van der Waals surface area (Å²) in [6, 6.07) is 8.36. The molecule has 170 valence electrons. The van der Waals surface area contributed by atoms with Gasteiger partial charge in [-0.2, -0.15) is 5.26 Å². The molecule has 1 amide bonds. The third-order valence-corrected chi connectivity index (χ3v) is 6.72. The molecular formula is C24H22F2N4O2S. The molecule has 2 atom stereocenters. The summed E-state index contributed by atoms with van der Waals surface area (Å²) in [5, 5.41) is 12.5. The number of halogens is 2. The van der Waals surface area contributed by atoms with Gasteiger partial charge in [-0.15, -0.1) is 0 Å². The number of rotatable bonds is 6. The second-order valence-electron chi connectivity index (χ2n) is 8.15. The van der Waals surface area contributed by atoms with Crippen molar-refractivity contribution in [2.45, 2.75) is 48.4 Å². The molecule has 1 unspecified atom stereocenters. The Hall–Kier alpha value is -3.25. The molecular weight excluding hydrogens is 446 g/mol. The normalized spacial score (nSPS) is 21.0. The lowest BCUT2D eigenvalue weighted by atomic mass is 10.0. The number of hydrogen-bond acceptors (Lipinski definition) is 6. The number of benzene rings is 1. The summed E-state index contributed by atoms with van der Waals surface area (Å²) in [4.78, 5) is 31.3. The molecule has 1 N–H and O–H groups in total. The summed E-state index contributed by atoms with van der Waals surface area (Å²) in [7, 11) is 0. The topological polar surface area (TPSA) is 86.1 Å². The van der Waals surface area contributed by atoms with Crippen molar-refractivity contribution in [3.63, 3.8) is 0 Å². The smallest absolute Gasteiger partial charge is 0.268 e. The highest BCUT2D eigenvalue weighted by atomic mass is 32.2. The molecule has 1 aromatic heterocycles. The first-order valence-corrected chi connectivity index (χ1v) is 11.4. The molecule has 6 nitrogen and oxygen atoms in total. The fourth-order valence-electron chi connectivity index (χ4n) is 3.93. The third-order valence-electron chi connectivity index (χ3n) is 5.60. The Morgan fingerprint density at radius 2 is 2.18 bits per heavy atom. The summed E-state index contributed by atoms with van der Waals surface area (Å²) in [6.07, 6.45) is 5.81. The van der Waals surface area contributed by atoms with Gasteiger partial charge < -0.3 is 10.2 Å². The maximum absolute atomic E-state index is 13.6. The number of alkyl halides is 2. The van der Waals surface area contributed by atoms with Crippen molar-refractivity contribution in [2.24, 2.45) is 0 Å². The number of anilines is 1. The number of amides is 1. The van der Waals surface area contributed by atoms with E-state index >= 15 is 0 Å². The molecule has 0 saturated carbocycles. The highest BCUT2D eigenvalue weighted by Crippen LogP contribution is 2.39. The van der Waals surface area contributed by atoms with Gasteiger partial charge in [-0.3, -0.25) is 14.6 Å². The number of nitrogens with zero attached hydrogens (tertiary/aromatic N) is 3. The minimum Gasteiger partial charge on any atom is -0.369 e. The van der Waals surface area contributed by atoms with E-state index in [0.717, 1.165) is 15.5 Å². The minimum atomic E-state index is -3.08. The van der Waals surface area contributed by atoms with E-state index in [0.29, 0.717) is 11.1 Å². The summed E-state index contributed by atoms with van der Waals surface area (Å²) < 4.78 is 27.2. The lowest BCUT2D eigenvalue weighted by Crippen LogP contribution is -2.36. The van der Waals surface area contributed by atoms with Crippen LogP contribution in [0.15, 0.2) is 47.6 Å². The number of aryl methyl sites for hydroxylation is 1. The molecule has 2 aliphatic rings. The van der Waals surface area contributed by atoms with Crippen molar-refractivity contribution in [3.05, 3.63) is 59.4 Å². The van der Waals surface area contributed by atoms with Crippen LogP contribution in [0.2, 0.25) is 0 Å². The molecule has 1 fully saturated rings. The van der Waals surface area contributed by atoms with Gasteiger partial charge in [-0.25, -0.2) is 8.78 Å². The van der Waals surface area contributed by atoms with Gasteiger partial charge in [-0.05, 0) is 30.7 Å². The first-order valence-electron chi connectivity index (χ1n) is 10.5. The van der Waals surface area contributed by atoms with Crippen LogP contribution in [0.5, 0.6) is 0 Å². The molecule has 1 aromatic carbocycles. The van der Waals surface area contributed by atoms with Gasteiger partial charge in [0.25, 0.3) is 5.92 Å². The number of nitriles is 1. The van der Waals surface area contributed by atoms with Crippen LogP contribution in [0, 0.1) is 18.3 Å². The number of fused-ring (bicyclic) bond motifs is 1. The molecule has 4 rings (SSSR count). The molecule has 2 aromatic rings. The summed E-state index contributed by atoms with van der Waals surface area (Å²) >= 11 is 1.67. The molecule has 0 aliphatic carbocycles. The fraction of sp³-hybridized carbons (Fsp3) is 0.333. The summed E-state index contributed by atoms with van der Waals surface area (Å²) in [6.45, 7) is 1.26. The van der Waals surface area contributed by atoms with E-state index in [1.54, 1.807) is 30.1 Å². The lowest BCUT2D eigenvalue weighted by Gasteiger charge is -2.18. The van der Waals surface area contributed by atoms with E-state index in [2.05, 4.69) is 16.4 Å². The van der Waals surface area contributed by atoms with Crippen molar-refractivity contribution in [1.29, 1.82) is 5.26 Å². The number of aromatic nitrogens is 1. The number of carbonyl (C=O) groups is 2. The van der Waals surface area contributed by atoms with Gasteiger partial charge in [0.05, 0.1) is 18.0 Å². The second kappa shape index (κ2) is 9.32. The summed E-state index contributed by atoms with van der Waals surface area (Å²) in [5.41, 5.74) is 3.27. The number of likely N-dealkylation sites (tertiary alicyclic amines) is 1. The van der Waals surface area contributed by atoms with E-state index in [-0.39, 0.29) is 24.0 Å². The number of hydrogen-bond donors (Lipinski definition) is 1. The average Bonchev–Trinajstić information content (AvgIpc) is 3.34. The fourth-order valence-corrected chi connectivity index (χ4v) is 5.06. The third kappa shape index (κ3) is 5.22. The highest BCUT2D eigenvalue weighted by Gasteiger charge is 2.47. The predicted octanol–water partition coefficient (Wildman–Crippen LogP) is 4.67. The molecule has 1 saturated heterocycles. The van der Waals surface area contributed by atoms with E-state index in [1.165, 1.54) is 11.8 Å². The van der Waals surface area contributed by atoms with E-state index in [9.17, 15) is 18.4 Å². The molecule has 0 spiro atoms. The Morgan fingerprint density at radius 1 is 1.36 bits per heavy atom. The SMILES string of the molecule is Cc1ccc2c(c1)SC(/C=C/c1cnccc1C(=O)CCC(=O)N1CC(F)(F)C[C@H]1C#N)N2. The number of thioether (sulfide) groups is 1. The Bertz CT molecular complexity index is 1160. The predicted molar refractivity (Wildman–Crippen MR) is 122 cm³/mol. The minimum absolute atomic E-state index is 0.00582. The quantitative estimate of drug-likeness (QED) is 0.620. The van der Waals surface area contributed by atoms with Crippen LogP contribution < -0.4 is 5.32 Å². The largest absolute Gasteiger partial charge is 0.369 e.